The van der Waals surface area contributed by atoms with E-state index < -0.39 is 19.9 Å². The summed E-state index contributed by atoms with van der Waals surface area (Å²) in [7, 11) is -7.35. The van der Waals surface area contributed by atoms with E-state index in [1.807, 2.05) is 30.3 Å². The van der Waals surface area contributed by atoms with Crippen molar-refractivity contribution in [3.05, 3.63) is 60.2 Å². The second kappa shape index (κ2) is 8.09. The lowest BCUT2D eigenvalue weighted by Crippen LogP contribution is -2.29. The highest BCUT2D eigenvalue weighted by molar-refractivity contribution is 7.91. The number of aliphatic hydroxyl groups excluding tert-OH is 1. The predicted molar refractivity (Wildman–Crippen MR) is 95.6 cm³/mol. The minimum atomic E-state index is -3.86. The van der Waals surface area contributed by atoms with Gasteiger partial charge in [-0.1, -0.05) is 36.4 Å². The molecule has 0 aliphatic carbocycles. The quantitative estimate of drug-likeness (QED) is 0.720. The van der Waals surface area contributed by atoms with Crippen LogP contribution >= 0.6 is 0 Å². The second-order valence-corrected chi connectivity index (χ2v) is 9.50. The fourth-order valence-corrected chi connectivity index (χ4v) is 4.30. The number of hydrogen-bond acceptors (Lipinski definition) is 5. The van der Waals surface area contributed by atoms with E-state index >= 15 is 0 Å². The number of sulfonamides is 1. The molecule has 0 bridgehead atoms. The van der Waals surface area contributed by atoms with Gasteiger partial charge in [0.05, 0.1) is 9.79 Å². The molecule has 136 valence electrons. The van der Waals surface area contributed by atoms with Crippen LogP contribution in [0.15, 0.2) is 64.4 Å². The maximum absolute atomic E-state index is 12.5. The predicted octanol–water partition coefficient (Wildman–Crippen LogP) is 1.53. The molecule has 8 heteroatoms. The Morgan fingerprint density at radius 3 is 2.20 bits per heavy atom. The van der Waals surface area contributed by atoms with Crippen LogP contribution in [-0.2, 0) is 19.9 Å². The van der Waals surface area contributed by atoms with Crippen molar-refractivity contribution in [1.82, 2.24) is 4.72 Å². The van der Waals surface area contributed by atoms with Crippen molar-refractivity contribution in [2.45, 2.75) is 22.1 Å². The SMILES string of the molecule is CS(=O)(=O)c1cccc(S(=O)(=O)NCC(CCO)c2ccccc2)c1. The molecule has 2 aromatic carbocycles. The van der Waals surface area contributed by atoms with Crippen molar-refractivity contribution in [1.29, 1.82) is 0 Å². The summed E-state index contributed by atoms with van der Waals surface area (Å²) in [5.74, 6) is -0.181. The van der Waals surface area contributed by atoms with E-state index in [1.165, 1.54) is 18.2 Å². The Balaban J connectivity index is 2.20. The number of aliphatic hydroxyl groups is 1. The normalized spacial score (nSPS) is 13.5. The molecule has 6 nitrogen and oxygen atoms in total. The molecule has 25 heavy (non-hydrogen) atoms. The lowest BCUT2D eigenvalue weighted by molar-refractivity contribution is 0.275. The lowest BCUT2D eigenvalue weighted by atomic mass is 9.96. The zero-order valence-corrected chi connectivity index (χ0v) is 15.4. The third kappa shape index (κ3) is 5.37. The van der Waals surface area contributed by atoms with Crippen LogP contribution in [0.5, 0.6) is 0 Å². The van der Waals surface area contributed by atoms with Gasteiger partial charge in [0, 0.05) is 19.4 Å². The highest BCUT2D eigenvalue weighted by atomic mass is 32.2. The van der Waals surface area contributed by atoms with E-state index in [0.717, 1.165) is 17.9 Å². The van der Waals surface area contributed by atoms with Gasteiger partial charge < -0.3 is 5.11 Å². The topological polar surface area (TPSA) is 101 Å². The Morgan fingerprint density at radius 2 is 1.60 bits per heavy atom. The number of benzene rings is 2. The van der Waals surface area contributed by atoms with Gasteiger partial charge in [-0.05, 0) is 36.1 Å². The van der Waals surface area contributed by atoms with Gasteiger partial charge in [0.15, 0.2) is 9.84 Å². The molecular formula is C17H21NO5S2. The third-order valence-electron chi connectivity index (χ3n) is 3.81. The van der Waals surface area contributed by atoms with Crippen LogP contribution < -0.4 is 4.72 Å². The van der Waals surface area contributed by atoms with Gasteiger partial charge in [-0.3, -0.25) is 0 Å². The maximum atomic E-state index is 12.5. The van der Waals surface area contributed by atoms with Crippen molar-refractivity contribution < 1.29 is 21.9 Å². The van der Waals surface area contributed by atoms with Gasteiger partial charge in [-0.2, -0.15) is 0 Å². The molecule has 0 fully saturated rings. The molecule has 2 rings (SSSR count). The van der Waals surface area contributed by atoms with Gasteiger partial charge in [0.25, 0.3) is 0 Å². The highest BCUT2D eigenvalue weighted by Gasteiger charge is 2.19. The number of hydrogen-bond donors (Lipinski definition) is 2. The van der Waals surface area contributed by atoms with E-state index in [0.29, 0.717) is 6.42 Å². The van der Waals surface area contributed by atoms with Gasteiger partial charge in [-0.25, -0.2) is 21.6 Å². The summed E-state index contributed by atoms with van der Waals surface area (Å²) in [4.78, 5) is -0.156. The minimum absolute atomic E-state index is 0.0506. The molecule has 0 spiro atoms. The summed E-state index contributed by atoms with van der Waals surface area (Å²) in [6, 6.07) is 14.5. The van der Waals surface area contributed by atoms with Crippen molar-refractivity contribution in [3.63, 3.8) is 0 Å². The summed E-state index contributed by atoms with van der Waals surface area (Å²) in [6.45, 7) is 0.0425. The average Bonchev–Trinajstić information content (AvgIpc) is 2.59. The smallest absolute Gasteiger partial charge is 0.240 e. The first kappa shape index (κ1) is 19.6. The maximum Gasteiger partial charge on any atom is 0.240 e. The number of sulfone groups is 1. The van der Waals surface area contributed by atoms with Crippen molar-refractivity contribution >= 4 is 19.9 Å². The van der Waals surface area contributed by atoms with Crippen molar-refractivity contribution in [2.75, 3.05) is 19.4 Å². The molecule has 0 radical (unpaired) electrons. The largest absolute Gasteiger partial charge is 0.396 e. The van der Waals surface area contributed by atoms with E-state index in [1.54, 1.807) is 0 Å². The number of nitrogens with one attached hydrogen (secondary N) is 1. The molecule has 2 aromatic rings. The molecule has 2 N–H and O–H groups in total. The first-order valence-corrected chi connectivity index (χ1v) is 11.1. The third-order valence-corrected chi connectivity index (χ3v) is 6.34. The Bertz CT molecular complexity index is 909. The van der Waals surface area contributed by atoms with Crippen LogP contribution in [0.2, 0.25) is 0 Å². The lowest BCUT2D eigenvalue weighted by Gasteiger charge is -2.17. The molecule has 0 aliphatic heterocycles. The molecule has 0 amide bonds. The van der Waals surface area contributed by atoms with Crippen LogP contribution in [0, 0.1) is 0 Å². The monoisotopic (exact) mass is 383 g/mol. The van der Waals surface area contributed by atoms with Gasteiger partial charge >= 0.3 is 0 Å². The first-order chi connectivity index (χ1) is 11.7. The second-order valence-electron chi connectivity index (χ2n) is 5.72. The molecule has 0 saturated carbocycles. The van der Waals surface area contributed by atoms with E-state index in [2.05, 4.69) is 4.72 Å². The van der Waals surface area contributed by atoms with Crippen LogP contribution in [-0.4, -0.2) is 41.3 Å². The Morgan fingerprint density at radius 1 is 0.960 bits per heavy atom. The zero-order chi connectivity index (χ0) is 18.5. The summed E-state index contributed by atoms with van der Waals surface area (Å²) in [5.41, 5.74) is 0.920. The fourth-order valence-electron chi connectivity index (χ4n) is 2.43. The molecule has 0 aliphatic rings. The summed E-state index contributed by atoms with van der Waals surface area (Å²) in [5, 5.41) is 9.23. The van der Waals surface area contributed by atoms with Gasteiger partial charge in [0.1, 0.15) is 0 Å². The molecule has 0 saturated heterocycles. The summed E-state index contributed by atoms with van der Waals surface area (Å²) in [6.07, 6.45) is 1.44. The first-order valence-electron chi connectivity index (χ1n) is 7.69. The molecule has 0 aromatic heterocycles. The van der Waals surface area contributed by atoms with Crippen LogP contribution in [0.25, 0.3) is 0 Å². The van der Waals surface area contributed by atoms with E-state index in [9.17, 15) is 21.9 Å². The fraction of sp³-hybridized carbons (Fsp3) is 0.294. The van der Waals surface area contributed by atoms with Crippen LogP contribution in [0.1, 0.15) is 17.9 Å². The Hall–Kier alpha value is -1.74. The van der Waals surface area contributed by atoms with E-state index in [4.69, 9.17) is 0 Å². The molecular weight excluding hydrogens is 362 g/mol. The van der Waals surface area contributed by atoms with Gasteiger partial charge in [-0.15, -0.1) is 0 Å². The highest BCUT2D eigenvalue weighted by Crippen LogP contribution is 2.20. The van der Waals surface area contributed by atoms with Crippen molar-refractivity contribution in [2.24, 2.45) is 0 Å². The summed E-state index contributed by atoms with van der Waals surface area (Å²) < 4.78 is 50.7. The standard InChI is InChI=1S/C17H21NO5S2/c1-24(20,21)16-8-5-9-17(12-16)25(22,23)18-13-15(10-11-19)14-6-3-2-4-7-14/h2-9,12,15,18-19H,10-11,13H2,1H3. The van der Waals surface area contributed by atoms with Crippen LogP contribution in [0.4, 0.5) is 0 Å². The van der Waals surface area contributed by atoms with Gasteiger partial charge in [0.2, 0.25) is 10.0 Å². The van der Waals surface area contributed by atoms with Crippen LogP contribution in [0.3, 0.4) is 0 Å². The molecule has 1 unspecified atom stereocenters. The molecule has 1 atom stereocenters. The zero-order valence-electron chi connectivity index (χ0n) is 13.8. The summed E-state index contributed by atoms with van der Waals surface area (Å²) >= 11 is 0. The minimum Gasteiger partial charge on any atom is -0.396 e. The van der Waals surface area contributed by atoms with E-state index in [-0.39, 0.29) is 28.9 Å². The Labute approximate surface area is 148 Å². The Kier molecular flexibility index (Phi) is 6.34. The van der Waals surface area contributed by atoms with Crippen molar-refractivity contribution in [3.8, 4) is 0 Å². The number of rotatable bonds is 8. The molecule has 0 heterocycles. The average molecular weight is 383 g/mol.